The number of hydrogen-bond acceptors (Lipinski definition) is 6. The number of allylic oxidation sites excluding steroid dienone is 6. The zero-order valence-corrected chi connectivity index (χ0v) is 32.7. The molecular formula is C44H78O6. The van der Waals surface area contributed by atoms with Gasteiger partial charge in [0.15, 0.2) is 0 Å². The Morgan fingerprint density at radius 2 is 1.10 bits per heavy atom. The highest BCUT2D eigenvalue weighted by atomic mass is 16.6. The second-order valence-corrected chi connectivity index (χ2v) is 14.2. The Morgan fingerprint density at radius 3 is 1.68 bits per heavy atom. The van der Waals surface area contributed by atoms with Crippen molar-refractivity contribution in [2.75, 3.05) is 13.2 Å². The van der Waals surface area contributed by atoms with Crippen LogP contribution in [-0.2, 0) is 19.1 Å². The zero-order valence-electron chi connectivity index (χ0n) is 32.7. The van der Waals surface area contributed by atoms with Crippen LogP contribution in [0.2, 0.25) is 0 Å². The van der Waals surface area contributed by atoms with Crippen LogP contribution in [0.15, 0.2) is 48.6 Å². The largest absolute Gasteiger partial charge is 0.463 e. The molecule has 1 unspecified atom stereocenters. The summed E-state index contributed by atoms with van der Waals surface area (Å²) < 4.78 is 10.3. The average molecular weight is 703 g/mol. The van der Waals surface area contributed by atoms with E-state index >= 15 is 0 Å². The van der Waals surface area contributed by atoms with Crippen molar-refractivity contribution in [2.24, 2.45) is 5.92 Å². The van der Waals surface area contributed by atoms with Crippen LogP contribution in [0, 0.1) is 5.92 Å². The summed E-state index contributed by atoms with van der Waals surface area (Å²) in [5.41, 5.74) is 0. The predicted octanol–water partition coefficient (Wildman–Crippen LogP) is 11.8. The van der Waals surface area contributed by atoms with Crippen molar-refractivity contribution in [3.63, 3.8) is 0 Å². The van der Waals surface area contributed by atoms with E-state index in [4.69, 9.17) is 9.47 Å². The molecule has 0 saturated heterocycles. The van der Waals surface area contributed by atoms with E-state index in [1.807, 2.05) is 42.5 Å². The van der Waals surface area contributed by atoms with Crippen molar-refractivity contribution in [1.29, 1.82) is 0 Å². The highest BCUT2D eigenvalue weighted by Gasteiger charge is 2.12. The molecule has 0 aliphatic rings. The first-order valence-corrected chi connectivity index (χ1v) is 20.7. The molecule has 2 N–H and O–H groups in total. The van der Waals surface area contributed by atoms with Crippen molar-refractivity contribution in [3.8, 4) is 0 Å². The summed E-state index contributed by atoms with van der Waals surface area (Å²) in [6.45, 7) is 6.54. The maximum atomic E-state index is 12.0. The molecule has 0 aromatic heterocycles. The Morgan fingerprint density at radius 1 is 0.580 bits per heavy atom. The topological polar surface area (TPSA) is 93.1 Å². The standard InChI is InChI=1S/C44H78O6/c1-4-6-7-8-18-24-29-34-41(45)35-30-25-20-17-22-27-32-37-44(48)50-39-42(46)38-49-43(47)36-31-26-21-16-14-12-10-9-11-13-15-19-23-28-33-40(3)5-2/h17-18,22,24-25,29-30,34,40-42,45-46H,4-16,19-21,23,26-28,31-33,35-39H2,1-3H3/b22-17+,24-18-,30-25-,34-29-/t40?,41-,42+/m1/s1. The third-order valence-corrected chi connectivity index (χ3v) is 9.19. The van der Waals surface area contributed by atoms with Gasteiger partial charge in [-0.2, -0.15) is 0 Å². The molecule has 6 nitrogen and oxygen atoms in total. The molecule has 0 aromatic rings. The predicted molar refractivity (Wildman–Crippen MR) is 211 cm³/mol. The maximum absolute atomic E-state index is 12.0. The van der Waals surface area contributed by atoms with Gasteiger partial charge in [0.1, 0.15) is 19.3 Å². The number of aliphatic hydroxyl groups is 2. The third kappa shape index (κ3) is 37.1. The van der Waals surface area contributed by atoms with Gasteiger partial charge in [-0.25, -0.2) is 0 Å². The monoisotopic (exact) mass is 703 g/mol. The highest BCUT2D eigenvalue weighted by Crippen LogP contribution is 2.16. The minimum atomic E-state index is -1.00. The van der Waals surface area contributed by atoms with Gasteiger partial charge in [0, 0.05) is 12.8 Å². The van der Waals surface area contributed by atoms with Gasteiger partial charge >= 0.3 is 11.9 Å². The molecule has 0 saturated carbocycles. The molecule has 3 atom stereocenters. The lowest BCUT2D eigenvalue weighted by Gasteiger charge is -2.12. The van der Waals surface area contributed by atoms with Gasteiger partial charge in [-0.05, 0) is 50.9 Å². The number of carbonyl (C=O) groups excluding carboxylic acids is 2. The molecule has 0 fully saturated rings. The van der Waals surface area contributed by atoms with Crippen molar-refractivity contribution in [3.05, 3.63) is 48.6 Å². The average Bonchev–Trinajstić information content (AvgIpc) is 3.11. The Bertz CT molecular complexity index is 876. The number of aliphatic hydroxyl groups excluding tert-OH is 2. The number of hydrogen-bond donors (Lipinski definition) is 2. The number of ether oxygens (including phenoxy) is 2. The van der Waals surface area contributed by atoms with Gasteiger partial charge in [0.05, 0.1) is 6.10 Å². The van der Waals surface area contributed by atoms with Crippen LogP contribution in [0.5, 0.6) is 0 Å². The molecule has 0 amide bonds. The van der Waals surface area contributed by atoms with E-state index < -0.39 is 12.2 Å². The van der Waals surface area contributed by atoms with Crippen molar-refractivity contribution in [2.45, 2.75) is 200 Å². The summed E-state index contributed by atoms with van der Waals surface area (Å²) >= 11 is 0. The van der Waals surface area contributed by atoms with E-state index in [0.29, 0.717) is 19.3 Å². The van der Waals surface area contributed by atoms with Crippen molar-refractivity contribution < 1.29 is 29.3 Å². The number of rotatable bonds is 36. The van der Waals surface area contributed by atoms with E-state index in [0.717, 1.165) is 44.4 Å². The fourth-order valence-corrected chi connectivity index (χ4v) is 5.61. The molecule has 6 heteroatoms. The summed E-state index contributed by atoms with van der Waals surface area (Å²) in [6.07, 6.45) is 43.3. The van der Waals surface area contributed by atoms with Crippen LogP contribution in [-0.4, -0.2) is 47.6 Å². The molecule has 290 valence electrons. The first-order valence-electron chi connectivity index (χ1n) is 20.7. The lowest BCUT2D eigenvalue weighted by Crippen LogP contribution is -2.25. The molecule has 0 spiro atoms. The fourth-order valence-electron chi connectivity index (χ4n) is 5.61. The van der Waals surface area contributed by atoms with E-state index in [1.165, 1.54) is 103 Å². The molecule has 0 aliphatic heterocycles. The van der Waals surface area contributed by atoms with Gasteiger partial charge in [0.2, 0.25) is 0 Å². The third-order valence-electron chi connectivity index (χ3n) is 9.19. The Hall–Kier alpha value is -2.18. The molecule has 0 aromatic carbocycles. The molecule has 50 heavy (non-hydrogen) atoms. The molecule has 0 heterocycles. The van der Waals surface area contributed by atoms with Gasteiger partial charge in [0.25, 0.3) is 0 Å². The van der Waals surface area contributed by atoms with Crippen LogP contribution in [0.1, 0.15) is 188 Å². The Labute approximate surface area is 308 Å². The second kappa shape index (κ2) is 38.1. The van der Waals surface area contributed by atoms with Gasteiger partial charge < -0.3 is 19.7 Å². The first-order chi connectivity index (χ1) is 24.4. The van der Waals surface area contributed by atoms with Gasteiger partial charge in [-0.1, -0.05) is 179 Å². The van der Waals surface area contributed by atoms with E-state index in [1.54, 1.807) is 0 Å². The molecule has 0 bridgehead atoms. The molecular weight excluding hydrogens is 624 g/mol. The number of esters is 2. The van der Waals surface area contributed by atoms with E-state index in [2.05, 4.69) is 26.8 Å². The van der Waals surface area contributed by atoms with Crippen LogP contribution < -0.4 is 0 Å². The normalized spacial score (nSPS) is 13.9. The van der Waals surface area contributed by atoms with Gasteiger partial charge in [-0.3, -0.25) is 9.59 Å². The lowest BCUT2D eigenvalue weighted by atomic mass is 9.99. The smallest absolute Gasteiger partial charge is 0.305 e. The lowest BCUT2D eigenvalue weighted by molar-refractivity contribution is -0.152. The van der Waals surface area contributed by atoms with Crippen molar-refractivity contribution >= 4 is 11.9 Å². The molecule has 0 radical (unpaired) electrons. The molecule has 0 aliphatic carbocycles. The van der Waals surface area contributed by atoms with Crippen LogP contribution in [0.25, 0.3) is 0 Å². The first kappa shape index (κ1) is 47.8. The summed E-state index contributed by atoms with van der Waals surface area (Å²) in [5.74, 6) is 0.230. The zero-order chi connectivity index (χ0) is 36.8. The summed E-state index contributed by atoms with van der Waals surface area (Å²) in [7, 11) is 0. The minimum Gasteiger partial charge on any atom is -0.463 e. The molecule has 0 rings (SSSR count). The van der Waals surface area contributed by atoms with E-state index in [-0.39, 0.29) is 31.6 Å². The fraction of sp³-hybridized carbons (Fsp3) is 0.773. The van der Waals surface area contributed by atoms with Crippen LogP contribution >= 0.6 is 0 Å². The summed E-state index contributed by atoms with van der Waals surface area (Å²) in [4.78, 5) is 23.9. The minimum absolute atomic E-state index is 0.149. The second-order valence-electron chi connectivity index (χ2n) is 14.2. The number of unbranched alkanes of at least 4 members (excludes halogenated alkanes) is 17. The quantitative estimate of drug-likeness (QED) is 0.0292. The van der Waals surface area contributed by atoms with Crippen LogP contribution in [0.4, 0.5) is 0 Å². The summed E-state index contributed by atoms with van der Waals surface area (Å²) in [5, 5.41) is 20.0. The Balaban J connectivity index is 3.57. The van der Waals surface area contributed by atoms with Gasteiger partial charge in [-0.15, -0.1) is 0 Å². The number of carbonyl (C=O) groups is 2. The van der Waals surface area contributed by atoms with Crippen molar-refractivity contribution in [1.82, 2.24) is 0 Å². The summed E-state index contributed by atoms with van der Waals surface area (Å²) in [6, 6.07) is 0. The van der Waals surface area contributed by atoms with Crippen LogP contribution in [0.3, 0.4) is 0 Å². The highest BCUT2D eigenvalue weighted by molar-refractivity contribution is 5.69. The maximum Gasteiger partial charge on any atom is 0.305 e. The SMILES string of the molecule is CCCCC/C=C\C=C/[C@@H](O)C/C=C\C/C=C/CCCC(=O)OC[C@@H](O)COC(=O)CCCCCCCCCCCCCCCCC(C)CC. The van der Waals surface area contributed by atoms with E-state index in [9.17, 15) is 19.8 Å². The Kier molecular flexibility index (Phi) is 36.4.